The maximum absolute atomic E-state index is 2.64. The summed E-state index contributed by atoms with van der Waals surface area (Å²) in [6.45, 7) is 14.2. The SMILES string of the molecule is CC(C)(C)c1cc(-c2ccccc2)cc(C(C)(C)C)c1-c1cc2c3c(c1)N(c1cc(-c4ccccc4)cc(-c4ccccc4)c1)c1cc4ccccc4cc1B3c1cc3ccccc3cc1N2c1cc(-c2ccccc2)cc(-c2ccccc2)c1. The molecule has 2 heterocycles. The Morgan fingerprint density at radius 3 is 0.835 bits per heavy atom. The van der Waals surface area contributed by atoms with Gasteiger partial charge in [0.15, 0.2) is 0 Å². The van der Waals surface area contributed by atoms with Crippen LogP contribution in [-0.2, 0) is 10.8 Å². The Hall–Kier alpha value is -9.96. The van der Waals surface area contributed by atoms with Gasteiger partial charge in [-0.3, -0.25) is 0 Å². The summed E-state index contributed by atoms with van der Waals surface area (Å²) < 4.78 is 0. The molecule has 3 heteroatoms. The van der Waals surface area contributed by atoms with Crippen LogP contribution in [0, 0.1) is 0 Å². The molecule has 13 aromatic carbocycles. The zero-order valence-electron chi connectivity index (χ0n) is 49.1. The number of nitrogens with zero attached hydrogens (tertiary/aromatic N) is 2. The average molecular weight is 1090 g/mol. The molecule has 2 aliphatic rings. The Balaban J connectivity index is 1.13. The molecule has 0 aromatic heterocycles. The highest BCUT2D eigenvalue weighted by molar-refractivity contribution is 7.00. The molecule has 0 radical (unpaired) electrons. The van der Waals surface area contributed by atoms with Crippen molar-refractivity contribution in [1.82, 2.24) is 0 Å². The van der Waals surface area contributed by atoms with E-state index in [2.05, 4.69) is 336 Å². The van der Waals surface area contributed by atoms with Gasteiger partial charge in [0.05, 0.1) is 0 Å². The van der Waals surface area contributed by atoms with E-state index in [1.807, 2.05) is 0 Å². The van der Waals surface area contributed by atoms with Crippen molar-refractivity contribution in [3.05, 3.63) is 296 Å². The van der Waals surface area contributed by atoms with Gasteiger partial charge in [-0.2, -0.15) is 0 Å². The zero-order chi connectivity index (χ0) is 57.6. The lowest BCUT2D eigenvalue weighted by atomic mass is 9.33. The Bertz CT molecular complexity index is 4320. The van der Waals surface area contributed by atoms with Crippen molar-refractivity contribution in [3.63, 3.8) is 0 Å². The number of benzene rings is 13. The van der Waals surface area contributed by atoms with Crippen LogP contribution in [0.15, 0.2) is 285 Å². The van der Waals surface area contributed by atoms with Crippen molar-refractivity contribution < 1.29 is 0 Å². The average Bonchev–Trinajstić information content (AvgIpc) is 0.741. The minimum Gasteiger partial charge on any atom is -0.311 e. The number of fused-ring (bicyclic) bond motifs is 6. The van der Waals surface area contributed by atoms with Gasteiger partial charge < -0.3 is 9.80 Å². The van der Waals surface area contributed by atoms with E-state index in [1.54, 1.807) is 0 Å². The number of hydrogen-bond acceptors (Lipinski definition) is 2. The van der Waals surface area contributed by atoms with Crippen molar-refractivity contribution in [3.8, 4) is 66.8 Å². The van der Waals surface area contributed by atoms with Gasteiger partial charge in [0.1, 0.15) is 0 Å². The second kappa shape index (κ2) is 20.4. The van der Waals surface area contributed by atoms with Crippen LogP contribution in [0.3, 0.4) is 0 Å². The predicted molar refractivity (Wildman–Crippen MR) is 365 cm³/mol. The summed E-state index contributed by atoms with van der Waals surface area (Å²) >= 11 is 0. The van der Waals surface area contributed by atoms with Crippen LogP contribution in [0.25, 0.3) is 88.3 Å². The maximum atomic E-state index is 2.64. The highest BCUT2D eigenvalue weighted by Crippen LogP contribution is 2.52. The standard InChI is InChI=1S/C82H65BN2/c1-81(2,3)71-46-67(58-34-20-11-21-35-58)47-72(82(4,5)6)79(71)68-52-77-80-78(53-68)85(70-44-65(56-30-16-9-17-31-56)41-66(45-70)57-32-18-10-19-33-57)76-51-62-39-25-23-37-60(62)49-74(76)83(80)73-48-59-36-22-24-38-61(59)50-75(73)84(77)69-42-63(54-26-12-7-13-27-54)40-64(43-69)55-28-14-8-15-29-55/h7-53H,1-6H3. The zero-order valence-corrected chi connectivity index (χ0v) is 49.1. The van der Waals surface area contributed by atoms with E-state index in [9.17, 15) is 0 Å². The van der Waals surface area contributed by atoms with E-state index >= 15 is 0 Å². The van der Waals surface area contributed by atoms with Crippen LogP contribution >= 0.6 is 0 Å². The lowest BCUT2D eigenvalue weighted by Crippen LogP contribution is -2.61. The monoisotopic (exact) mass is 1090 g/mol. The third-order valence-electron chi connectivity index (χ3n) is 17.7. The third-order valence-corrected chi connectivity index (χ3v) is 17.7. The van der Waals surface area contributed by atoms with Crippen LogP contribution in [0.5, 0.6) is 0 Å². The van der Waals surface area contributed by atoms with Crippen LogP contribution in [0.1, 0.15) is 52.7 Å². The molecular formula is C82H65BN2. The lowest BCUT2D eigenvalue weighted by molar-refractivity contribution is 0.572. The molecule has 406 valence electrons. The Morgan fingerprint density at radius 2 is 0.529 bits per heavy atom. The highest BCUT2D eigenvalue weighted by Gasteiger charge is 2.45. The molecule has 0 amide bonds. The fraction of sp³-hybridized carbons (Fsp3) is 0.0976. The molecule has 0 fully saturated rings. The summed E-state index contributed by atoms with van der Waals surface area (Å²) in [5.74, 6) is 0. The first-order valence-electron chi connectivity index (χ1n) is 30.0. The molecule has 85 heavy (non-hydrogen) atoms. The summed E-state index contributed by atoms with van der Waals surface area (Å²) in [7, 11) is 0. The number of rotatable bonds is 8. The van der Waals surface area contributed by atoms with Crippen LogP contribution in [0.4, 0.5) is 34.1 Å². The van der Waals surface area contributed by atoms with Gasteiger partial charge in [0.2, 0.25) is 0 Å². The summed E-state index contributed by atoms with van der Waals surface area (Å²) in [5, 5.41) is 4.86. The van der Waals surface area contributed by atoms with E-state index < -0.39 is 0 Å². The first-order chi connectivity index (χ1) is 41.4. The van der Waals surface area contributed by atoms with E-state index in [0.29, 0.717) is 0 Å². The van der Waals surface area contributed by atoms with E-state index in [4.69, 9.17) is 0 Å². The van der Waals surface area contributed by atoms with Gasteiger partial charge in [-0.25, -0.2) is 0 Å². The van der Waals surface area contributed by atoms with E-state index in [0.717, 1.165) is 33.6 Å². The third kappa shape index (κ3) is 9.23. The Labute approximate surface area is 501 Å². The molecule has 0 atom stereocenters. The largest absolute Gasteiger partial charge is 0.311 e. The second-order valence-electron chi connectivity index (χ2n) is 25.4. The van der Waals surface area contributed by atoms with Gasteiger partial charge in [-0.15, -0.1) is 0 Å². The fourth-order valence-electron chi connectivity index (χ4n) is 13.7. The lowest BCUT2D eigenvalue weighted by Gasteiger charge is -2.45. The summed E-state index contributed by atoms with van der Waals surface area (Å²) in [4.78, 5) is 5.29. The van der Waals surface area contributed by atoms with Gasteiger partial charge in [-0.05, 0) is 199 Å². The highest BCUT2D eigenvalue weighted by atomic mass is 15.2. The van der Waals surface area contributed by atoms with Crippen LogP contribution in [0.2, 0.25) is 0 Å². The summed E-state index contributed by atoms with van der Waals surface area (Å²) in [6, 6.07) is 107. The van der Waals surface area contributed by atoms with Gasteiger partial charge in [0.25, 0.3) is 6.71 Å². The molecule has 0 spiro atoms. The molecule has 0 N–H and O–H groups in total. The minimum absolute atomic E-state index is 0.132. The Kier molecular flexibility index (Phi) is 12.5. The van der Waals surface area contributed by atoms with Crippen LogP contribution in [-0.4, -0.2) is 6.71 Å². The first kappa shape index (κ1) is 51.9. The quantitative estimate of drug-likeness (QED) is 0.140. The molecule has 0 aliphatic carbocycles. The second-order valence-corrected chi connectivity index (χ2v) is 25.4. The smallest absolute Gasteiger partial charge is 0.252 e. The van der Waals surface area contributed by atoms with Gasteiger partial charge >= 0.3 is 0 Å². The molecule has 15 rings (SSSR count). The molecule has 2 nitrogen and oxygen atoms in total. The molecule has 0 bridgehead atoms. The Morgan fingerprint density at radius 1 is 0.247 bits per heavy atom. The molecule has 0 saturated carbocycles. The van der Waals surface area contributed by atoms with Crippen molar-refractivity contribution >= 4 is 78.8 Å². The molecule has 0 saturated heterocycles. The number of anilines is 6. The predicted octanol–water partition coefficient (Wildman–Crippen LogP) is 20.7. The summed E-state index contributed by atoms with van der Waals surface area (Å²) in [6.07, 6.45) is 0. The molecule has 0 unspecified atom stereocenters. The fourth-order valence-corrected chi connectivity index (χ4v) is 13.7. The number of hydrogen-bond donors (Lipinski definition) is 0. The topological polar surface area (TPSA) is 6.48 Å². The van der Waals surface area contributed by atoms with E-state index in [1.165, 1.54) is 116 Å². The van der Waals surface area contributed by atoms with Crippen molar-refractivity contribution in [1.29, 1.82) is 0 Å². The first-order valence-corrected chi connectivity index (χ1v) is 30.0. The normalized spacial score (nSPS) is 12.8. The van der Waals surface area contributed by atoms with Gasteiger partial charge in [0, 0.05) is 34.1 Å². The van der Waals surface area contributed by atoms with Crippen molar-refractivity contribution in [2.45, 2.75) is 52.4 Å². The van der Waals surface area contributed by atoms with Gasteiger partial charge in [-0.1, -0.05) is 254 Å². The summed E-state index contributed by atoms with van der Waals surface area (Å²) in [5.41, 5.74) is 27.2. The molecule has 13 aromatic rings. The molecule has 2 aliphatic heterocycles. The van der Waals surface area contributed by atoms with E-state index in [-0.39, 0.29) is 17.5 Å². The minimum atomic E-state index is -0.241. The van der Waals surface area contributed by atoms with Crippen molar-refractivity contribution in [2.75, 3.05) is 9.80 Å². The maximum Gasteiger partial charge on any atom is 0.252 e. The van der Waals surface area contributed by atoms with Crippen LogP contribution < -0.4 is 26.2 Å². The van der Waals surface area contributed by atoms with Crippen molar-refractivity contribution in [2.24, 2.45) is 0 Å². The molecular weight excluding hydrogens is 1020 g/mol.